The van der Waals surface area contributed by atoms with Gasteiger partial charge in [0.15, 0.2) is 0 Å². The first-order chi connectivity index (χ1) is 7.36. The van der Waals surface area contributed by atoms with Gasteiger partial charge in [0.2, 0.25) is 0 Å². The molecule has 0 radical (unpaired) electrons. The highest BCUT2D eigenvalue weighted by atomic mass is 19.1. The minimum atomic E-state index is -0.161. The Kier molecular flexibility index (Phi) is 3.56. The first-order valence-electron chi connectivity index (χ1n) is 5.55. The molecular formula is C12H17FN2. The fourth-order valence-corrected chi connectivity index (χ4v) is 1.94. The molecule has 0 aromatic heterocycles. The lowest BCUT2D eigenvalue weighted by molar-refractivity contribution is 0.389. The molecule has 2 nitrogen and oxygen atoms in total. The van der Waals surface area contributed by atoms with Crippen LogP contribution in [0.2, 0.25) is 0 Å². The molecule has 1 fully saturated rings. The van der Waals surface area contributed by atoms with Crippen LogP contribution in [0.3, 0.4) is 0 Å². The van der Waals surface area contributed by atoms with E-state index in [9.17, 15) is 4.39 Å². The molecule has 1 aromatic rings. The third-order valence-corrected chi connectivity index (χ3v) is 2.91. The van der Waals surface area contributed by atoms with Crippen molar-refractivity contribution in [3.05, 3.63) is 30.1 Å². The number of para-hydroxylation sites is 1. The molecule has 0 bridgehead atoms. The molecule has 0 amide bonds. The van der Waals surface area contributed by atoms with Crippen molar-refractivity contribution >= 4 is 5.69 Å². The van der Waals surface area contributed by atoms with Gasteiger partial charge in [0.05, 0.1) is 5.69 Å². The number of benzene rings is 1. The molecule has 2 rings (SSSR count). The van der Waals surface area contributed by atoms with Gasteiger partial charge in [-0.2, -0.15) is 0 Å². The standard InChI is InChI=1S/C12H17FN2/c13-11-3-1-2-4-12(11)15-9-10-5-7-14-8-6-10/h1-4,10,14-15H,5-9H2. The Morgan fingerprint density at radius 1 is 1.27 bits per heavy atom. The van der Waals surface area contributed by atoms with E-state index in [0.717, 1.165) is 19.6 Å². The maximum atomic E-state index is 13.3. The van der Waals surface area contributed by atoms with Crippen LogP contribution in [-0.4, -0.2) is 19.6 Å². The van der Waals surface area contributed by atoms with E-state index in [1.807, 2.05) is 6.07 Å². The van der Waals surface area contributed by atoms with Crippen LogP contribution < -0.4 is 10.6 Å². The van der Waals surface area contributed by atoms with E-state index in [-0.39, 0.29) is 5.82 Å². The highest BCUT2D eigenvalue weighted by Crippen LogP contribution is 2.16. The van der Waals surface area contributed by atoms with E-state index < -0.39 is 0 Å². The first-order valence-corrected chi connectivity index (χ1v) is 5.55. The minimum absolute atomic E-state index is 0.161. The van der Waals surface area contributed by atoms with Gasteiger partial charge in [-0.25, -0.2) is 4.39 Å². The minimum Gasteiger partial charge on any atom is -0.382 e. The van der Waals surface area contributed by atoms with Crippen LogP contribution in [0.15, 0.2) is 24.3 Å². The summed E-state index contributed by atoms with van der Waals surface area (Å²) in [5, 5.41) is 6.50. The fourth-order valence-electron chi connectivity index (χ4n) is 1.94. The Hall–Kier alpha value is -1.09. The second-order valence-electron chi connectivity index (χ2n) is 4.05. The molecule has 15 heavy (non-hydrogen) atoms. The van der Waals surface area contributed by atoms with Crippen LogP contribution >= 0.6 is 0 Å². The smallest absolute Gasteiger partial charge is 0.146 e. The van der Waals surface area contributed by atoms with Crippen LogP contribution in [0.1, 0.15) is 12.8 Å². The third kappa shape index (κ3) is 2.93. The summed E-state index contributed by atoms with van der Waals surface area (Å²) in [4.78, 5) is 0. The van der Waals surface area contributed by atoms with E-state index in [4.69, 9.17) is 0 Å². The van der Waals surface area contributed by atoms with Gasteiger partial charge in [-0.05, 0) is 44.0 Å². The summed E-state index contributed by atoms with van der Waals surface area (Å²) in [5.74, 6) is 0.511. The predicted octanol–water partition coefficient (Wildman–Crippen LogP) is 2.24. The topological polar surface area (TPSA) is 24.1 Å². The Morgan fingerprint density at radius 3 is 2.73 bits per heavy atom. The quantitative estimate of drug-likeness (QED) is 0.796. The van der Waals surface area contributed by atoms with Crippen molar-refractivity contribution in [3.8, 4) is 0 Å². The lowest BCUT2D eigenvalue weighted by atomic mass is 9.98. The Balaban J connectivity index is 1.84. The second-order valence-corrected chi connectivity index (χ2v) is 4.05. The molecule has 82 valence electrons. The number of hydrogen-bond donors (Lipinski definition) is 2. The van der Waals surface area contributed by atoms with Crippen LogP contribution in [0.5, 0.6) is 0 Å². The van der Waals surface area contributed by atoms with Crippen molar-refractivity contribution in [2.45, 2.75) is 12.8 Å². The lowest BCUT2D eigenvalue weighted by Crippen LogP contribution is -2.31. The highest BCUT2D eigenvalue weighted by molar-refractivity contribution is 5.44. The van der Waals surface area contributed by atoms with Gasteiger partial charge in [0.1, 0.15) is 5.82 Å². The number of rotatable bonds is 3. The maximum absolute atomic E-state index is 13.3. The summed E-state index contributed by atoms with van der Waals surface area (Å²) < 4.78 is 13.3. The number of piperidine rings is 1. The molecule has 0 spiro atoms. The van der Waals surface area contributed by atoms with Crippen molar-refractivity contribution in [2.75, 3.05) is 25.0 Å². The van der Waals surface area contributed by atoms with Gasteiger partial charge >= 0.3 is 0 Å². The van der Waals surface area contributed by atoms with Gasteiger partial charge in [0, 0.05) is 6.54 Å². The van der Waals surface area contributed by atoms with Gasteiger partial charge in [-0.15, -0.1) is 0 Å². The van der Waals surface area contributed by atoms with Crippen molar-refractivity contribution in [1.29, 1.82) is 0 Å². The molecule has 3 heteroatoms. The molecule has 1 aliphatic rings. The Bertz CT molecular complexity index is 308. The normalized spacial score (nSPS) is 17.7. The zero-order valence-corrected chi connectivity index (χ0v) is 8.80. The highest BCUT2D eigenvalue weighted by Gasteiger charge is 2.12. The third-order valence-electron chi connectivity index (χ3n) is 2.91. The summed E-state index contributed by atoms with van der Waals surface area (Å²) in [6.45, 7) is 3.05. The zero-order valence-electron chi connectivity index (χ0n) is 8.80. The predicted molar refractivity (Wildman–Crippen MR) is 60.5 cm³/mol. The van der Waals surface area contributed by atoms with Crippen molar-refractivity contribution in [2.24, 2.45) is 5.92 Å². The number of anilines is 1. The lowest BCUT2D eigenvalue weighted by Gasteiger charge is -2.23. The summed E-state index contributed by atoms with van der Waals surface area (Å²) >= 11 is 0. The summed E-state index contributed by atoms with van der Waals surface area (Å²) in [5.41, 5.74) is 0.621. The fraction of sp³-hybridized carbons (Fsp3) is 0.500. The molecule has 1 saturated heterocycles. The first kappa shape index (κ1) is 10.4. The summed E-state index contributed by atoms with van der Waals surface area (Å²) in [6.07, 6.45) is 2.36. The second kappa shape index (κ2) is 5.12. The average molecular weight is 208 g/mol. The number of halogens is 1. The zero-order chi connectivity index (χ0) is 10.5. The van der Waals surface area contributed by atoms with Crippen molar-refractivity contribution < 1.29 is 4.39 Å². The van der Waals surface area contributed by atoms with Gasteiger partial charge in [-0.1, -0.05) is 12.1 Å². The SMILES string of the molecule is Fc1ccccc1NCC1CCNCC1. The summed E-state index contributed by atoms with van der Waals surface area (Å²) in [7, 11) is 0. The molecule has 2 N–H and O–H groups in total. The van der Waals surface area contributed by atoms with Crippen LogP contribution in [0.25, 0.3) is 0 Å². The van der Waals surface area contributed by atoms with E-state index in [1.54, 1.807) is 12.1 Å². The molecule has 0 saturated carbocycles. The molecule has 0 unspecified atom stereocenters. The van der Waals surface area contributed by atoms with Crippen LogP contribution in [-0.2, 0) is 0 Å². The average Bonchev–Trinajstić information content (AvgIpc) is 2.29. The Labute approximate surface area is 89.9 Å². The van der Waals surface area contributed by atoms with Crippen molar-refractivity contribution in [1.82, 2.24) is 5.32 Å². The largest absolute Gasteiger partial charge is 0.382 e. The van der Waals surface area contributed by atoms with E-state index in [2.05, 4.69) is 10.6 Å². The molecule has 0 atom stereocenters. The molecule has 0 aliphatic carbocycles. The van der Waals surface area contributed by atoms with Gasteiger partial charge < -0.3 is 10.6 Å². The summed E-state index contributed by atoms with van der Waals surface area (Å²) in [6, 6.07) is 6.85. The van der Waals surface area contributed by atoms with Gasteiger partial charge in [0.25, 0.3) is 0 Å². The molecule has 1 aromatic carbocycles. The maximum Gasteiger partial charge on any atom is 0.146 e. The van der Waals surface area contributed by atoms with E-state index in [1.165, 1.54) is 18.9 Å². The van der Waals surface area contributed by atoms with E-state index >= 15 is 0 Å². The Morgan fingerprint density at radius 2 is 2.00 bits per heavy atom. The number of hydrogen-bond acceptors (Lipinski definition) is 2. The molecule has 1 aliphatic heterocycles. The molecular weight excluding hydrogens is 191 g/mol. The van der Waals surface area contributed by atoms with Gasteiger partial charge in [-0.3, -0.25) is 0 Å². The number of nitrogens with one attached hydrogen (secondary N) is 2. The van der Waals surface area contributed by atoms with Crippen LogP contribution in [0, 0.1) is 11.7 Å². The van der Waals surface area contributed by atoms with Crippen LogP contribution in [0.4, 0.5) is 10.1 Å². The van der Waals surface area contributed by atoms with Crippen molar-refractivity contribution in [3.63, 3.8) is 0 Å². The molecule has 1 heterocycles. The van der Waals surface area contributed by atoms with E-state index in [0.29, 0.717) is 11.6 Å². The monoisotopic (exact) mass is 208 g/mol.